The van der Waals surface area contributed by atoms with E-state index in [9.17, 15) is 4.79 Å². The van der Waals surface area contributed by atoms with Gasteiger partial charge >= 0.3 is 6.03 Å². The molecule has 168 valence electrons. The van der Waals surface area contributed by atoms with Gasteiger partial charge in [-0.2, -0.15) is 11.8 Å². The van der Waals surface area contributed by atoms with Crippen molar-refractivity contribution in [2.24, 2.45) is 0 Å². The Morgan fingerprint density at radius 1 is 1.13 bits per heavy atom. The molecule has 2 amide bonds. The lowest BCUT2D eigenvalue weighted by Crippen LogP contribution is -2.37. The summed E-state index contributed by atoms with van der Waals surface area (Å²) in [6, 6.07) is 9.65. The molecular weight excluding hydrogens is 412 g/mol. The molecule has 0 unspecified atom stereocenters. The minimum Gasteiger partial charge on any atom is -0.378 e. The summed E-state index contributed by atoms with van der Waals surface area (Å²) >= 11 is 1.74. The number of hydrogen-bond acceptors (Lipinski definition) is 7. The van der Waals surface area contributed by atoms with E-state index in [-0.39, 0.29) is 6.03 Å². The van der Waals surface area contributed by atoms with E-state index >= 15 is 0 Å². The second-order valence-corrected chi connectivity index (χ2v) is 8.67. The number of thioether (sulfide) groups is 1. The lowest BCUT2D eigenvalue weighted by molar-refractivity contribution is 0.122. The van der Waals surface area contributed by atoms with Crippen LogP contribution in [0.4, 0.5) is 16.3 Å². The van der Waals surface area contributed by atoms with Crippen molar-refractivity contribution >= 4 is 29.3 Å². The van der Waals surface area contributed by atoms with Crippen LogP contribution in [0.15, 0.2) is 30.3 Å². The third-order valence-electron chi connectivity index (χ3n) is 5.02. The van der Waals surface area contributed by atoms with Gasteiger partial charge < -0.3 is 24.8 Å². The number of carbonyl (C=O) groups is 1. The SMILES string of the molecule is CSCc1cc(N2CCOCC2)nc(-c2ccc(NC(=O)N(C)CCN(C)C)cc2)n1. The van der Waals surface area contributed by atoms with Gasteiger partial charge in [-0.3, -0.25) is 0 Å². The quantitative estimate of drug-likeness (QED) is 0.671. The molecule has 0 bridgehead atoms. The Morgan fingerprint density at radius 3 is 2.48 bits per heavy atom. The van der Waals surface area contributed by atoms with Crippen molar-refractivity contribution in [3.8, 4) is 11.4 Å². The van der Waals surface area contributed by atoms with Crippen molar-refractivity contribution in [2.45, 2.75) is 5.75 Å². The molecule has 1 aromatic heterocycles. The zero-order chi connectivity index (χ0) is 22.2. The van der Waals surface area contributed by atoms with E-state index in [4.69, 9.17) is 14.7 Å². The number of rotatable bonds is 8. The average molecular weight is 445 g/mol. The summed E-state index contributed by atoms with van der Waals surface area (Å²) in [4.78, 5) is 27.9. The molecule has 0 saturated carbocycles. The van der Waals surface area contributed by atoms with Gasteiger partial charge in [-0.05, 0) is 44.6 Å². The molecule has 1 aliphatic rings. The van der Waals surface area contributed by atoms with Gasteiger partial charge in [0.15, 0.2) is 5.82 Å². The van der Waals surface area contributed by atoms with Crippen LogP contribution in [0.1, 0.15) is 5.69 Å². The van der Waals surface area contributed by atoms with Crippen molar-refractivity contribution in [1.29, 1.82) is 0 Å². The highest BCUT2D eigenvalue weighted by Gasteiger charge is 2.16. The summed E-state index contributed by atoms with van der Waals surface area (Å²) in [5.41, 5.74) is 2.69. The number of nitrogens with zero attached hydrogens (tertiary/aromatic N) is 5. The minimum absolute atomic E-state index is 0.123. The topological polar surface area (TPSA) is 73.8 Å². The zero-order valence-electron chi connectivity index (χ0n) is 18.8. The second kappa shape index (κ2) is 11.3. The first-order valence-electron chi connectivity index (χ1n) is 10.4. The van der Waals surface area contributed by atoms with Crippen molar-refractivity contribution in [2.75, 3.05) is 77.0 Å². The van der Waals surface area contributed by atoms with Crippen LogP contribution in [0.2, 0.25) is 0 Å². The molecule has 1 aliphatic heterocycles. The summed E-state index contributed by atoms with van der Waals surface area (Å²) < 4.78 is 5.47. The molecule has 8 nitrogen and oxygen atoms in total. The van der Waals surface area contributed by atoms with E-state index < -0.39 is 0 Å². The normalized spacial score (nSPS) is 14.0. The number of carbonyl (C=O) groups excluding carboxylic acids is 1. The molecule has 9 heteroatoms. The summed E-state index contributed by atoms with van der Waals surface area (Å²) in [7, 11) is 5.78. The monoisotopic (exact) mass is 444 g/mol. The first-order chi connectivity index (χ1) is 15.0. The zero-order valence-corrected chi connectivity index (χ0v) is 19.6. The third kappa shape index (κ3) is 6.81. The predicted molar refractivity (Wildman–Crippen MR) is 128 cm³/mol. The number of benzene rings is 1. The Kier molecular flexibility index (Phi) is 8.51. The van der Waals surface area contributed by atoms with Crippen LogP contribution in [0, 0.1) is 0 Å². The molecular formula is C22H32N6O2S. The lowest BCUT2D eigenvalue weighted by atomic mass is 10.2. The molecule has 31 heavy (non-hydrogen) atoms. The van der Waals surface area contributed by atoms with Gasteiger partial charge in [-0.15, -0.1) is 0 Å². The van der Waals surface area contributed by atoms with E-state index in [0.29, 0.717) is 25.6 Å². The summed E-state index contributed by atoms with van der Waals surface area (Å²) in [5.74, 6) is 2.48. The van der Waals surface area contributed by atoms with Gasteiger partial charge in [-0.1, -0.05) is 0 Å². The van der Waals surface area contributed by atoms with Crippen LogP contribution in [-0.2, 0) is 10.5 Å². The van der Waals surface area contributed by atoms with Crippen molar-refractivity contribution in [3.05, 3.63) is 36.0 Å². The van der Waals surface area contributed by atoms with Crippen LogP contribution >= 0.6 is 11.8 Å². The van der Waals surface area contributed by atoms with Crippen LogP contribution < -0.4 is 10.2 Å². The van der Waals surface area contributed by atoms with Gasteiger partial charge in [-0.25, -0.2) is 14.8 Å². The molecule has 1 aromatic carbocycles. The fraction of sp³-hybridized carbons (Fsp3) is 0.500. The molecule has 2 heterocycles. The average Bonchev–Trinajstić information content (AvgIpc) is 2.78. The Bertz CT molecular complexity index is 856. The van der Waals surface area contributed by atoms with Crippen LogP contribution in [-0.4, -0.2) is 92.6 Å². The second-order valence-electron chi connectivity index (χ2n) is 7.81. The number of aromatic nitrogens is 2. The summed E-state index contributed by atoms with van der Waals surface area (Å²) in [5, 5.41) is 2.94. The van der Waals surface area contributed by atoms with Gasteiger partial charge in [0, 0.05) is 56.3 Å². The smallest absolute Gasteiger partial charge is 0.321 e. The first-order valence-corrected chi connectivity index (χ1v) is 11.8. The molecule has 2 aromatic rings. The van der Waals surface area contributed by atoms with Crippen molar-refractivity contribution in [1.82, 2.24) is 19.8 Å². The first kappa shape index (κ1) is 23.3. The van der Waals surface area contributed by atoms with Crippen LogP contribution in [0.25, 0.3) is 11.4 Å². The summed E-state index contributed by atoms with van der Waals surface area (Å²) in [6.07, 6.45) is 2.07. The summed E-state index contributed by atoms with van der Waals surface area (Å²) in [6.45, 7) is 4.58. The molecule has 0 atom stereocenters. The highest BCUT2D eigenvalue weighted by atomic mass is 32.2. The van der Waals surface area contributed by atoms with Gasteiger partial charge in [0.25, 0.3) is 0 Å². The predicted octanol–water partition coefficient (Wildman–Crippen LogP) is 2.87. The maximum atomic E-state index is 12.4. The Labute approximate surface area is 189 Å². The van der Waals surface area contributed by atoms with E-state index in [1.807, 2.05) is 38.4 Å². The molecule has 1 saturated heterocycles. The van der Waals surface area contributed by atoms with Crippen LogP contribution in [0.3, 0.4) is 0 Å². The molecule has 0 radical (unpaired) electrons. The van der Waals surface area contributed by atoms with Gasteiger partial charge in [0.2, 0.25) is 0 Å². The fourth-order valence-corrected chi connectivity index (χ4v) is 3.61. The largest absolute Gasteiger partial charge is 0.378 e. The number of ether oxygens (including phenoxy) is 1. The lowest BCUT2D eigenvalue weighted by Gasteiger charge is -2.28. The third-order valence-corrected chi connectivity index (χ3v) is 5.60. The number of morpholine rings is 1. The minimum atomic E-state index is -0.123. The standard InChI is InChI=1S/C22H32N6O2S/c1-26(2)9-10-27(3)22(29)24-18-7-5-17(6-8-18)21-23-19(16-31-4)15-20(25-21)28-11-13-30-14-12-28/h5-8,15H,9-14,16H2,1-4H3,(H,24,29). The molecule has 0 spiro atoms. The number of likely N-dealkylation sites (N-methyl/N-ethyl adjacent to an activating group) is 2. The molecule has 3 rings (SSSR count). The van der Waals surface area contributed by atoms with E-state index in [2.05, 4.69) is 27.4 Å². The molecule has 1 N–H and O–H groups in total. The van der Waals surface area contributed by atoms with Crippen LogP contribution in [0.5, 0.6) is 0 Å². The number of anilines is 2. The van der Waals surface area contributed by atoms with Gasteiger partial charge in [0.1, 0.15) is 5.82 Å². The van der Waals surface area contributed by atoms with E-state index in [0.717, 1.165) is 48.1 Å². The van der Waals surface area contributed by atoms with Crippen molar-refractivity contribution < 1.29 is 9.53 Å². The van der Waals surface area contributed by atoms with Crippen molar-refractivity contribution in [3.63, 3.8) is 0 Å². The number of urea groups is 1. The highest BCUT2D eigenvalue weighted by Crippen LogP contribution is 2.24. The Balaban J connectivity index is 1.73. The van der Waals surface area contributed by atoms with E-state index in [1.54, 1.807) is 23.7 Å². The maximum Gasteiger partial charge on any atom is 0.321 e. The number of amides is 2. The maximum absolute atomic E-state index is 12.4. The number of nitrogens with one attached hydrogen (secondary N) is 1. The molecule has 1 fully saturated rings. The molecule has 0 aliphatic carbocycles. The Morgan fingerprint density at radius 2 is 1.84 bits per heavy atom. The van der Waals surface area contributed by atoms with E-state index in [1.165, 1.54) is 0 Å². The Hall–Kier alpha value is -2.36. The fourth-order valence-electron chi connectivity index (χ4n) is 3.16. The number of hydrogen-bond donors (Lipinski definition) is 1. The highest BCUT2D eigenvalue weighted by molar-refractivity contribution is 7.97. The van der Waals surface area contributed by atoms with Gasteiger partial charge in [0.05, 0.1) is 18.9 Å².